The zero-order valence-corrected chi connectivity index (χ0v) is 18.9. The number of methoxy groups -OCH3 is 1. The second kappa shape index (κ2) is 10.3. The van der Waals surface area contributed by atoms with Gasteiger partial charge in [-0.25, -0.2) is 4.79 Å². The first-order chi connectivity index (χ1) is 15.3. The van der Waals surface area contributed by atoms with Gasteiger partial charge in [-0.3, -0.25) is 14.5 Å². The average Bonchev–Trinajstić information content (AvgIpc) is 3.23. The summed E-state index contributed by atoms with van der Waals surface area (Å²) in [4.78, 5) is 40.3. The molecule has 32 heavy (non-hydrogen) atoms. The highest BCUT2D eigenvalue weighted by Crippen LogP contribution is 2.30. The molecule has 170 valence electrons. The second-order valence-corrected chi connectivity index (χ2v) is 8.35. The fraction of sp³-hybridized carbons (Fsp3) is 0.400. The van der Waals surface area contributed by atoms with Crippen molar-refractivity contribution in [2.75, 3.05) is 12.0 Å². The molecule has 7 heteroatoms. The van der Waals surface area contributed by atoms with E-state index in [-0.39, 0.29) is 11.8 Å². The Morgan fingerprint density at radius 1 is 1.06 bits per heavy atom. The van der Waals surface area contributed by atoms with E-state index in [1.54, 1.807) is 31.2 Å². The molecule has 1 aliphatic heterocycles. The number of anilines is 1. The summed E-state index contributed by atoms with van der Waals surface area (Å²) >= 11 is 0. The van der Waals surface area contributed by atoms with Gasteiger partial charge >= 0.3 is 5.97 Å². The third kappa shape index (κ3) is 5.28. The zero-order chi connectivity index (χ0) is 23.3. The van der Waals surface area contributed by atoms with Crippen molar-refractivity contribution in [2.24, 2.45) is 5.92 Å². The highest BCUT2D eigenvalue weighted by atomic mass is 16.5. The Morgan fingerprint density at radius 3 is 2.34 bits per heavy atom. The highest BCUT2D eigenvalue weighted by Gasteiger charge is 2.37. The number of esters is 1. The van der Waals surface area contributed by atoms with Gasteiger partial charge in [-0.1, -0.05) is 50.2 Å². The van der Waals surface area contributed by atoms with E-state index in [4.69, 9.17) is 9.47 Å². The van der Waals surface area contributed by atoms with E-state index in [1.807, 2.05) is 44.2 Å². The minimum Gasteiger partial charge on any atom is -0.480 e. The molecule has 0 fully saturated rings. The molecule has 2 amide bonds. The fourth-order valence-electron chi connectivity index (χ4n) is 3.84. The van der Waals surface area contributed by atoms with Crippen LogP contribution in [0, 0.1) is 5.92 Å². The molecule has 1 N–H and O–H groups in total. The number of carbonyl (C=O) groups is 3. The summed E-state index contributed by atoms with van der Waals surface area (Å²) in [6.07, 6.45) is 0.144. The molecule has 3 atom stereocenters. The molecule has 3 rings (SSSR count). The predicted molar refractivity (Wildman–Crippen MR) is 121 cm³/mol. The lowest BCUT2D eigenvalue weighted by molar-refractivity contribution is -0.145. The summed E-state index contributed by atoms with van der Waals surface area (Å²) in [6, 6.07) is 14.9. The maximum atomic E-state index is 13.5. The zero-order valence-electron chi connectivity index (χ0n) is 18.9. The molecule has 2 aromatic rings. The normalized spacial score (nSPS) is 16.5. The van der Waals surface area contributed by atoms with Crippen LogP contribution in [0.15, 0.2) is 54.6 Å². The smallest absolute Gasteiger partial charge is 0.328 e. The molecular weight excluding hydrogens is 408 g/mol. The number of ether oxygens (including phenoxy) is 2. The number of amides is 2. The van der Waals surface area contributed by atoms with E-state index < -0.39 is 30.1 Å². The monoisotopic (exact) mass is 438 g/mol. The van der Waals surface area contributed by atoms with E-state index in [0.29, 0.717) is 24.3 Å². The van der Waals surface area contributed by atoms with Crippen LogP contribution in [0.2, 0.25) is 0 Å². The number of carbonyl (C=O) groups excluding carboxylic acids is 3. The summed E-state index contributed by atoms with van der Waals surface area (Å²) in [5.41, 5.74) is 1.54. The first-order valence-corrected chi connectivity index (χ1v) is 10.8. The van der Waals surface area contributed by atoms with Gasteiger partial charge in [0.25, 0.3) is 5.91 Å². The van der Waals surface area contributed by atoms with Gasteiger partial charge in [0, 0.05) is 12.1 Å². The van der Waals surface area contributed by atoms with Crippen LogP contribution in [-0.4, -0.2) is 43.1 Å². The minimum atomic E-state index is -0.864. The lowest BCUT2D eigenvalue weighted by atomic mass is 10.0. The summed E-state index contributed by atoms with van der Waals surface area (Å²) < 4.78 is 10.7. The maximum Gasteiger partial charge on any atom is 0.328 e. The number of rotatable bonds is 8. The molecule has 7 nitrogen and oxygen atoms in total. The van der Waals surface area contributed by atoms with Crippen molar-refractivity contribution in [1.82, 2.24) is 5.32 Å². The predicted octanol–water partition coefficient (Wildman–Crippen LogP) is 3.12. The Labute approximate surface area is 188 Å². The minimum absolute atomic E-state index is 0.173. The fourth-order valence-corrected chi connectivity index (χ4v) is 3.84. The van der Waals surface area contributed by atoms with Crippen LogP contribution >= 0.6 is 0 Å². The second-order valence-electron chi connectivity index (χ2n) is 8.35. The van der Waals surface area contributed by atoms with Crippen LogP contribution < -0.4 is 15.0 Å². The molecule has 0 radical (unpaired) electrons. The van der Waals surface area contributed by atoms with Crippen molar-refractivity contribution in [2.45, 2.75) is 51.8 Å². The molecular formula is C25H30N2O5. The van der Waals surface area contributed by atoms with Gasteiger partial charge in [-0.2, -0.15) is 0 Å². The van der Waals surface area contributed by atoms with E-state index in [9.17, 15) is 14.4 Å². The Hall–Kier alpha value is -3.35. The van der Waals surface area contributed by atoms with Gasteiger partial charge in [0.2, 0.25) is 5.91 Å². The molecule has 0 aromatic heterocycles. The Morgan fingerprint density at radius 2 is 1.72 bits per heavy atom. The molecule has 1 aliphatic rings. The maximum absolute atomic E-state index is 13.5. The largest absolute Gasteiger partial charge is 0.480 e. The van der Waals surface area contributed by atoms with Crippen LogP contribution in [0.1, 0.15) is 32.8 Å². The third-order valence-electron chi connectivity index (χ3n) is 5.47. The number of benzene rings is 2. The van der Waals surface area contributed by atoms with Crippen LogP contribution in [-0.2, 0) is 25.5 Å². The number of fused-ring (bicyclic) bond motifs is 1. The van der Waals surface area contributed by atoms with Crippen molar-refractivity contribution in [3.05, 3.63) is 60.2 Å². The molecule has 0 saturated carbocycles. The number of nitrogens with one attached hydrogen (secondary N) is 1. The lowest BCUT2D eigenvalue weighted by Crippen LogP contribution is -2.55. The Bertz CT molecular complexity index is 935. The van der Waals surface area contributed by atoms with Gasteiger partial charge in [-0.15, -0.1) is 0 Å². The van der Waals surface area contributed by atoms with Crippen LogP contribution in [0.5, 0.6) is 5.75 Å². The first-order valence-electron chi connectivity index (χ1n) is 10.8. The van der Waals surface area contributed by atoms with Gasteiger partial charge in [-0.05, 0) is 43.0 Å². The molecule has 1 heterocycles. The first kappa shape index (κ1) is 23.3. The SMILES string of the molecule is COC(=O)[C@H](CC(C)C)NC(=O)[C@H](C)N(C(=O)C1Cc2ccccc2O1)c1ccccc1. The third-order valence-corrected chi connectivity index (χ3v) is 5.47. The Balaban J connectivity index is 1.83. The van der Waals surface area contributed by atoms with E-state index in [0.717, 1.165) is 5.56 Å². The molecule has 0 spiro atoms. The van der Waals surface area contributed by atoms with Crippen molar-refractivity contribution >= 4 is 23.5 Å². The molecule has 0 bridgehead atoms. The van der Waals surface area contributed by atoms with Crippen molar-refractivity contribution in [3.8, 4) is 5.75 Å². The lowest BCUT2D eigenvalue weighted by Gasteiger charge is -2.31. The summed E-state index contributed by atoms with van der Waals surface area (Å²) in [7, 11) is 1.29. The number of nitrogens with zero attached hydrogens (tertiary/aromatic N) is 1. The molecule has 0 saturated heterocycles. The molecule has 1 unspecified atom stereocenters. The van der Waals surface area contributed by atoms with Gasteiger partial charge in [0.1, 0.15) is 17.8 Å². The standard InChI is InChI=1S/C25H30N2O5/c1-16(2)14-20(25(30)31-4)26-23(28)17(3)27(19-11-6-5-7-12-19)24(29)22-15-18-10-8-9-13-21(18)32-22/h5-13,16-17,20,22H,14-15H2,1-4H3,(H,26,28)/t17-,20-,22?/m0/s1. The van der Waals surface area contributed by atoms with Gasteiger partial charge < -0.3 is 14.8 Å². The van der Waals surface area contributed by atoms with E-state index >= 15 is 0 Å². The Kier molecular flexibility index (Phi) is 7.51. The quantitative estimate of drug-likeness (QED) is 0.640. The molecule has 2 aromatic carbocycles. The van der Waals surface area contributed by atoms with Crippen molar-refractivity contribution in [1.29, 1.82) is 0 Å². The van der Waals surface area contributed by atoms with Crippen LogP contribution in [0.25, 0.3) is 0 Å². The summed E-state index contributed by atoms with van der Waals surface area (Å²) in [5.74, 6) is -0.403. The topological polar surface area (TPSA) is 84.9 Å². The van der Waals surface area contributed by atoms with Crippen molar-refractivity contribution < 1.29 is 23.9 Å². The number of para-hydroxylation sites is 2. The summed E-state index contributed by atoms with van der Waals surface area (Å²) in [5, 5.41) is 2.76. The van der Waals surface area contributed by atoms with Gasteiger partial charge in [0.15, 0.2) is 6.10 Å². The van der Waals surface area contributed by atoms with E-state index in [2.05, 4.69) is 5.32 Å². The number of hydrogen-bond acceptors (Lipinski definition) is 5. The average molecular weight is 439 g/mol. The van der Waals surface area contributed by atoms with Crippen LogP contribution in [0.4, 0.5) is 5.69 Å². The van der Waals surface area contributed by atoms with Crippen LogP contribution in [0.3, 0.4) is 0 Å². The summed E-state index contributed by atoms with van der Waals surface area (Å²) in [6.45, 7) is 5.56. The highest BCUT2D eigenvalue weighted by molar-refractivity contribution is 6.03. The van der Waals surface area contributed by atoms with E-state index in [1.165, 1.54) is 12.0 Å². The van der Waals surface area contributed by atoms with Crippen molar-refractivity contribution in [3.63, 3.8) is 0 Å². The molecule has 0 aliphatic carbocycles. The number of hydrogen-bond donors (Lipinski definition) is 1. The van der Waals surface area contributed by atoms with Gasteiger partial charge in [0.05, 0.1) is 7.11 Å².